The van der Waals surface area contributed by atoms with E-state index in [0.717, 1.165) is 28.5 Å². The first-order chi connectivity index (χ1) is 13.4. The second-order valence-electron chi connectivity index (χ2n) is 6.45. The lowest BCUT2D eigenvalue weighted by Crippen LogP contribution is -2.28. The molecule has 1 fully saturated rings. The number of thioether (sulfide) groups is 1. The van der Waals surface area contributed by atoms with Gasteiger partial charge < -0.3 is 4.42 Å². The third kappa shape index (κ3) is 3.39. The molecule has 0 radical (unpaired) electrons. The fourth-order valence-electron chi connectivity index (χ4n) is 3.01. The summed E-state index contributed by atoms with van der Waals surface area (Å²) in [6.07, 6.45) is 1.60. The fourth-order valence-corrected chi connectivity index (χ4v) is 4.01. The lowest BCUT2D eigenvalue weighted by Gasteiger charge is -2.16. The molecule has 2 heterocycles. The molecular formula is C22H16ClNO3S. The van der Waals surface area contributed by atoms with E-state index in [4.69, 9.17) is 16.0 Å². The van der Waals surface area contributed by atoms with E-state index in [1.54, 1.807) is 30.3 Å². The van der Waals surface area contributed by atoms with Crippen molar-refractivity contribution < 1.29 is 14.0 Å². The SMILES string of the molecule is Cc1cccc(N2C(=O)S/C(=C/c3ccc(-c4cccc(Cl)c4)o3)C2=O)c1C. The molecule has 0 N–H and O–H groups in total. The van der Waals surface area contributed by atoms with Gasteiger partial charge in [0.1, 0.15) is 11.5 Å². The minimum Gasteiger partial charge on any atom is -0.457 e. The molecule has 1 aliphatic heterocycles. The largest absolute Gasteiger partial charge is 0.457 e. The van der Waals surface area contributed by atoms with E-state index in [1.807, 2.05) is 44.2 Å². The molecule has 1 aliphatic rings. The molecule has 0 saturated carbocycles. The van der Waals surface area contributed by atoms with Crippen molar-refractivity contribution in [2.24, 2.45) is 0 Å². The highest BCUT2D eigenvalue weighted by Gasteiger charge is 2.37. The van der Waals surface area contributed by atoms with Crippen molar-refractivity contribution >= 4 is 46.3 Å². The third-order valence-electron chi connectivity index (χ3n) is 4.62. The van der Waals surface area contributed by atoms with Gasteiger partial charge in [0.05, 0.1) is 10.6 Å². The number of aryl methyl sites for hydroxylation is 1. The van der Waals surface area contributed by atoms with Crippen molar-refractivity contribution in [2.45, 2.75) is 13.8 Å². The zero-order valence-corrected chi connectivity index (χ0v) is 16.8. The number of benzene rings is 2. The standard InChI is InChI=1S/C22H16ClNO3S/c1-13-5-3-8-18(14(13)2)24-21(25)20(28-22(24)26)12-17-9-10-19(27-17)15-6-4-7-16(23)11-15/h3-12H,1-2H3/b20-12+. The predicted molar refractivity (Wildman–Crippen MR) is 114 cm³/mol. The van der Waals surface area contributed by atoms with Crippen molar-refractivity contribution in [3.05, 3.63) is 81.4 Å². The second-order valence-corrected chi connectivity index (χ2v) is 7.88. The quantitative estimate of drug-likeness (QED) is 0.466. The van der Waals surface area contributed by atoms with Crippen molar-refractivity contribution in [2.75, 3.05) is 4.90 Å². The number of carbonyl (C=O) groups excluding carboxylic acids is 2. The van der Waals surface area contributed by atoms with E-state index in [1.165, 1.54) is 4.90 Å². The maximum Gasteiger partial charge on any atom is 0.298 e. The minimum atomic E-state index is -0.343. The smallest absolute Gasteiger partial charge is 0.298 e. The number of imide groups is 1. The van der Waals surface area contributed by atoms with Crippen LogP contribution in [-0.2, 0) is 4.79 Å². The summed E-state index contributed by atoms with van der Waals surface area (Å²) in [4.78, 5) is 26.9. The van der Waals surface area contributed by atoms with Crippen molar-refractivity contribution in [1.82, 2.24) is 0 Å². The number of rotatable bonds is 3. The van der Waals surface area contributed by atoms with Crippen molar-refractivity contribution in [3.63, 3.8) is 0 Å². The molecule has 0 bridgehead atoms. The summed E-state index contributed by atoms with van der Waals surface area (Å²) in [5.74, 6) is 0.799. The molecule has 0 spiro atoms. The van der Waals surface area contributed by atoms with Gasteiger partial charge in [-0.05, 0) is 67.1 Å². The molecule has 0 unspecified atom stereocenters. The van der Waals surface area contributed by atoms with Crippen molar-refractivity contribution in [1.29, 1.82) is 0 Å². The molecule has 28 heavy (non-hydrogen) atoms. The molecule has 4 nitrogen and oxygen atoms in total. The van der Waals surface area contributed by atoms with Gasteiger partial charge in [-0.3, -0.25) is 9.59 Å². The molecule has 0 atom stereocenters. The van der Waals surface area contributed by atoms with Crippen LogP contribution in [0.2, 0.25) is 5.02 Å². The van der Waals surface area contributed by atoms with Crippen LogP contribution in [0.25, 0.3) is 17.4 Å². The van der Waals surface area contributed by atoms with Crippen LogP contribution in [0.5, 0.6) is 0 Å². The average molecular weight is 410 g/mol. The molecule has 3 aromatic rings. The lowest BCUT2D eigenvalue weighted by molar-refractivity contribution is -0.113. The zero-order chi connectivity index (χ0) is 19.8. The Morgan fingerprint density at radius 1 is 1.04 bits per heavy atom. The molecule has 2 amide bonds. The summed E-state index contributed by atoms with van der Waals surface area (Å²) in [6, 6.07) is 16.5. The van der Waals surface area contributed by atoms with Crippen LogP contribution in [0, 0.1) is 13.8 Å². The monoisotopic (exact) mass is 409 g/mol. The first kappa shape index (κ1) is 18.6. The Labute approximate surface area is 171 Å². The van der Waals surface area contributed by atoms with Gasteiger partial charge in [0.25, 0.3) is 11.1 Å². The van der Waals surface area contributed by atoms with Crippen LogP contribution < -0.4 is 4.90 Å². The molecule has 4 rings (SSSR count). The number of hydrogen-bond acceptors (Lipinski definition) is 4. The van der Waals surface area contributed by atoms with Gasteiger partial charge in [0.2, 0.25) is 0 Å². The van der Waals surface area contributed by atoms with Gasteiger partial charge in [0, 0.05) is 16.7 Å². The molecule has 6 heteroatoms. The molecule has 0 aliphatic carbocycles. The van der Waals surface area contributed by atoms with E-state index < -0.39 is 0 Å². The van der Waals surface area contributed by atoms with E-state index in [0.29, 0.717) is 27.1 Å². The van der Waals surface area contributed by atoms with Crippen LogP contribution >= 0.6 is 23.4 Å². The van der Waals surface area contributed by atoms with Gasteiger partial charge in [-0.1, -0.05) is 35.9 Å². The zero-order valence-electron chi connectivity index (χ0n) is 15.2. The number of halogens is 1. The normalized spacial score (nSPS) is 15.7. The average Bonchev–Trinajstić information content (AvgIpc) is 3.23. The molecule has 140 valence electrons. The van der Waals surface area contributed by atoms with Gasteiger partial charge in [-0.2, -0.15) is 0 Å². The Bertz CT molecular complexity index is 1130. The summed E-state index contributed by atoms with van der Waals surface area (Å²) < 4.78 is 5.82. The van der Waals surface area contributed by atoms with Crippen LogP contribution in [-0.4, -0.2) is 11.1 Å². The van der Waals surface area contributed by atoms with Gasteiger partial charge >= 0.3 is 0 Å². The summed E-state index contributed by atoms with van der Waals surface area (Å²) in [7, 11) is 0. The van der Waals surface area contributed by atoms with E-state index in [9.17, 15) is 9.59 Å². The van der Waals surface area contributed by atoms with Crippen molar-refractivity contribution in [3.8, 4) is 11.3 Å². The summed E-state index contributed by atoms with van der Waals surface area (Å²) in [6.45, 7) is 3.86. The Morgan fingerprint density at radius 2 is 1.82 bits per heavy atom. The van der Waals surface area contributed by atoms with E-state index in [-0.39, 0.29) is 11.1 Å². The summed E-state index contributed by atoms with van der Waals surface area (Å²) in [5, 5.41) is 0.302. The highest BCUT2D eigenvalue weighted by atomic mass is 35.5. The van der Waals surface area contributed by atoms with E-state index >= 15 is 0 Å². The van der Waals surface area contributed by atoms with Crippen LogP contribution in [0.1, 0.15) is 16.9 Å². The highest BCUT2D eigenvalue weighted by molar-refractivity contribution is 8.19. The number of hydrogen-bond donors (Lipinski definition) is 0. The van der Waals surface area contributed by atoms with Crippen LogP contribution in [0.3, 0.4) is 0 Å². The Morgan fingerprint density at radius 3 is 2.61 bits per heavy atom. The Kier molecular flexibility index (Phi) is 4.87. The number of amides is 2. The molecular weight excluding hydrogens is 394 g/mol. The van der Waals surface area contributed by atoms with Crippen LogP contribution in [0.15, 0.2) is 63.9 Å². The molecule has 2 aromatic carbocycles. The number of furan rings is 1. The van der Waals surface area contributed by atoms with Gasteiger partial charge in [-0.15, -0.1) is 0 Å². The Balaban J connectivity index is 1.64. The second kappa shape index (κ2) is 7.34. The summed E-state index contributed by atoms with van der Waals surface area (Å²) >= 11 is 6.94. The first-order valence-electron chi connectivity index (χ1n) is 8.64. The first-order valence-corrected chi connectivity index (χ1v) is 9.83. The van der Waals surface area contributed by atoms with Gasteiger partial charge in [0.15, 0.2) is 0 Å². The topological polar surface area (TPSA) is 50.5 Å². The minimum absolute atomic E-state index is 0.313. The summed E-state index contributed by atoms with van der Waals surface area (Å²) in [5.41, 5.74) is 3.39. The lowest BCUT2D eigenvalue weighted by atomic mass is 10.1. The van der Waals surface area contributed by atoms with E-state index in [2.05, 4.69) is 0 Å². The predicted octanol–water partition coefficient (Wildman–Crippen LogP) is 6.46. The molecule has 1 aromatic heterocycles. The molecule has 1 saturated heterocycles. The fraction of sp³-hybridized carbons (Fsp3) is 0.0909. The van der Waals surface area contributed by atoms with Gasteiger partial charge in [-0.25, -0.2) is 4.90 Å². The maximum absolute atomic E-state index is 12.9. The maximum atomic E-state index is 12.9. The number of carbonyl (C=O) groups is 2. The highest BCUT2D eigenvalue weighted by Crippen LogP contribution is 2.38. The third-order valence-corrected chi connectivity index (χ3v) is 5.72. The number of nitrogens with zero attached hydrogens (tertiary/aromatic N) is 1. The van der Waals surface area contributed by atoms with Crippen LogP contribution in [0.4, 0.5) is 10.5 Å². The Hall–Kier alpha value is -2.76. The number of anilines is 1.